The summed E-state index contributed by atoms with van der Waals surface area (Å²) in [4.78, 5) is 24.5. The van der Waals surface area contributed by atoms with Gasteiger partial charge in [-0.05, 0) is 12.8 Å². The molecule has 0 heterocycles. The number of nitrogens with one attached hydrogen (secondary N) is 4. The Balaban J connectivity index is 2.67. The first-order chi connectivity index (χ1) is 12.2. The Kier molecular flexibility index (Phi) is 9.18. The fraction of sp³-hybridized carbons (Fsp3) is 0.875. The van der Waals surface area contributed by atoms with E-state index in [2.05, 4.69) is 20.8 Å². The van der Waals surface area contributed by atoms with Crippen molar-refractivity contribution in [1.29, 1.82) is 0 Å². The average molecular weight is 408 g/mol. The van der Waals surface area contributed by atoms with Gasteiger partial charge in [-0.25, -0.2) is 9.59 Å². The maximum Gasteiger partial charge on any atom is 0.320 e. The van der Waals surface area contributed by atoms with E-state index in [-0.39, 0.29) is 12.1 Å². The summed E-state index contributed by atoms with van der Waals surface area (Å²) >= 11 is 0. The molecule has 1 fully saturated rings. The molecule has 0 saturated heterocycles. The Morgan fingerprint density at radius 3 is 1.31 bits per heavy atom. The summed E-state index contributed by atoms with van der Waals surface area (Å²) in [6.07, 6.45) is 5.02. The van der Waals surface area contributed by atoms with Gasteiger partial charge in [-0.15, -0.1) is 0 Å². The first-order valence-electron chi connectivity index (χ1n) is 9.54. The third kappa shape index (κ3) is 6.96. The van der Waals surface area contributed by atoms with Crippen molar-refractivity contribution in [1.82, 2.24) is 20.8 Å². The molecule has 0 aliphatic heterocycles. The van der Waals surface area contributed by atoms with Gasteiger partial charge in [0.25, 0.3) is 0 Å². The van der Waals surface area contributed by atoms with Crippen LogP contribution in [0.4, 0.5) is 9.59 Å². The Hall–Kier alpha value is -1.00. The zero-order chi connectivity index (χ0) is 19.8. The minimum atomic E-state index is -2.69. The van der Waals surface area contributed by atoms with E-state index in [0.717, 1.165) is 25.7 Å². The van der Waals surface area contributed by atoms with Crippen LogP contribution in [-0.2, 0) is 9.13 Å². The van der Waals surface area contributed by atoms with Crippen LogP contribution in [0.2, 0.25) is 0 Å². The summed E-state index contributed by atoms with van der Waals surface area (Å²) < 4.78 is 24.8. The highest BCUT2D eigenvalue weighted by atomic mass is 31.2. The number of carbonyl (C=O) groups excluding carboxylic acids is 2. The third-order valence-corrected chi connectivity index (χ3v) is 10.4. The van der Waals surface area contributed by atoms with Crippen molar-refractivity contribution in [2.45, 2.75) is 65.5 Å². The number of hydrogen-bond acceptors (Lipinski definition) is 4. The van der Waals surface area contributed by atoms with E-state index >= 15 is 0 Å². The van der Waals surface area contributed by atoms with Gasteiger partial charge in [-0.2, -0.15) is 0 Å². The maximum absolute atomic E-state index is 12.4. The van der Waals surface area contributed by atoms with Crippen molar-refractivity contribution in [3.05, 3.63) is 0 Å². The minimum absolute atomic E-state index is 0.237. The van der Waals surface area contributed by atoms with Gasteiger partial charge in [0, 0.05) is 24.6 Å². The van der Waals surface area contributed by atoms with E-state index in [0.29, 0.717) is 24.6 Å². The first kappa shape index (κ1) is 23.0. The number of hydrogen-bond donors (Lipinski definition) is 4. The Morgan fingerprint density at radius 2 is 1.04 bits per heavy atom. The molecule has 1 saturated carbocycles. The Bertz CT molecular complexity index is 519. The normalized spacial score (nSPS) is 20.9. The van der Waals surface area contributed by atoms with Crippen LogP contribution >= 0.6 is 14.6 Å². The molecule has 10 heteroatoms. The predicted molar refractivity (Wildman–Crippen MR) is 107 cm³/mol. The van der Waals surface area contributed by atoms with Crippen LogP contribution in [0.25, 0.3) is 0 Å². The second-order valence-electron chi connectivity index (χ2n) is 6.71. The van der Waals surface area contributed by atoms with E-state index in [1.165, 1.54) is 0 Å². The fourth-order valence-corrected chi connectivity index (χ4v) is 5.41. The zero-order valence-electron chi connectivity index (χ0n) is 16.3. The number of carbonyl (C=O) groups is 2. The average Bonchev–Trinajstić information content (AvgIpc) is 2.62. The molecular weight excluding hydrogens is 374 g/mol. The van der Waals surface area contributed by atoms with Crippen molar-refractivity contribution < 1.29 is 18.7 Å². The second kappa shape index (κ2) is 10.4. The first-order valence-corrected chi connectivity index (χ1v) is 13.7. The molecule has 0 aromatic rings. The zero-order valence-corrected chi connectivity index (χ0v) is 18.1. The van der Waals surface area contributed by atoms with Gasteiger partial charge in [0.1, 0.15) is 0 Å². The van der Waals surface area contributed by atoms with E-state index in [1.807, 2.05) is 0 Å². The predicted octanol–water partition coefficient (Wildman–Crippen LogP) is 3.53. The number of amides is 4. The van der Waals surface area contributed by atoms with Crippen LogP contribution in [0.3, 0.4) is 0 Å². The Morgan fingerprint density at radius 1 is 0.731 bits per heavy atom. The smallest absolute Gasteiger partial charge is 0.320 e. The number of urea groups is 2. The lowest BCUT2D eigenvalue weighted by atomic mass is 9.90. The maximum atomic E-state index is 12.4. The molecule has 0 bridgehead atoms. The van der Waals surface area contributed by atoms with Crippen LogP contribution in [0.15, 0.2) is 0 Å². The summed E-state index contributed by atoms with van der Waals surface area (Å²) in [6, 6.07) is -1.38. The van der Waals surface area contributed by atoms with Gasteiger partial charge in [0.15, 0.2) is 14.6 Å². The van der Waals surface area contributed by atoms with E-state index in [4.69, 9.17) is 0 Å². The standard InChI is InChI=1S/C16H34N4O4P2/c1-5-25(23,6-2)19-15(21)17-13-11-9-10-12-14(13)18-16(22)20-26(24,7-3)8-4/h13-14H,5-12H2,1-4H3,(H2,17,19,21,23)(H2,18,20,22,24). The molecule has 2 unspecified atom stereocenters. The SMILES string of the molecule is CCP(=O)(CC)NC(=O)NC1CCCCC1NC(=O)NP(=O)(CC)CC. The largest absolute Gasteiger partial charge is 0.333 e. The molecule has 0 aromatic carbocycles. The molecule has 4 N–H and O–H groups in total. The summed E-state index contributed by atoms with van der Waals surface area (Å²) in [5, 5.41) is 10.9. The highest BCUT2D eigenvalue weighted by Crippen LogP contribution is 2.40. The van der Waals surface area contributed by atoms with Gasteiger partial charge in [-0.1, -0.05) is 40.5 Å². The lowest BCUT2D eigenvalue weighted by Crippen LogP contribution is -2.56. The molecule has 2 atom stereocenters. The quantitative estimate of drug-likeness (QED) is 0.460. The van der Waals surface area contributed by atoms with Crippen molar-refractivity contribution >= 4 is 26.6 Å². The van der Waals surface area contributed by atoms with Gasteiger partial charge in [0.2, 0.25) is 0 Å². The summed E-state index contributed by atoms with van der Waals surface area (Å²) in [7, 11) is -5.37. The summed E-state index contributed by atoms with van der Waals surface area (Å²) in [6.45, 7) is 7.17. The van der Waals surface area contributed by atoms with Gasteiger partial charge in [-0.3, -0.25) is 10.2 Å². The molecule has 26 heavy (non-hydrogen) atoms. The monoisotopic (exact) mass is 408 g/mol. The van der Waals surface area contributed by atoms with E-state index < -0.39 is 26.6 Å². The van der Waals surface area contributed by atoms with Crippen LogP contribution < -0.4 is 20.8 Å². The Labute approximate surface area is 156 Å². The summed E-state index contributed by atoms with van der Waals surface area (Å²) in [5.74, 6) is 0. The van der Waals surface area contributed by atoms with Gasteiger partial charge in [0.05, 0.1) is 12.1 Å². The molecule has 1 aliphatic rings. The molecule has 1 aliphatic carbocycles. The molecule has 0 radical (unpaired) electrons. The lowest BCUT2D eigenvalue weighted by Gasteiger charge is -2.33. The topological polar surface area (TPSA) is 116 Å². The molecule has 1 rings (SSSR count). The van der Waals surface area contributed by atoms with Crippen molar-refractivity contribution in [3.8, 4) is 0 Å². The number of rotatable bonds is 8. The van der Waals surface area contributed by atoms with Crippen LogP contribution in [-0.4, -0.2) is 48.8 Å². The minimum Gasteiger partial charge on any atom is -0.333 e. The fourth-order valence-electron chi connectivity index (χ4n) is 3.01. The second-order valence-corrected chi connectivity index (χ2v) is 13.2. The highest BCUT2D eigenvalue weighted by Gasteiger charge is 2.30. The van der Waals surface area contributed by atoms with Gasteiger partial charge >= 0.3 is 12.1 Å². The lowest BCUT2D eigenvalue weighted by molar-refractivity contribution is 0.218. The van der Waals surface area contributed by atoms with Crippen LogP contribution in [0.5, 0.6) is 0 Å². The van der Waals surface area contributed by atoms with Crippen molar-refractivity contribution in [2.75, 3.05) is 24.6 Å². The molecule has 0 aromatic heterocycles. The van der Waals surface area contributed by atoms with Crippen molar-refractivity contribution in [2.24, 2.45) is 0 Å². The molecule has 152 valence electrons. The highest BCUT2D eigenvalue weighted by molar-refractivity contribution is 7.62. The summed E-state index contributed by atoms with van der Waals surface area (Å²) in [5.41, 5.74) is 0. The van der Waals surface area contributed by atoms with E-state index in [9.17, 15) is 18.7 Å². The van der Waals surface area contributed by atoms with Crippen LogP contribution in [0.1, 0.15) is 53.4 Å². The van der Waals surface area contributed by atoms with E-state index in [1.54, 1.807) is 27.7 Å². The third-order valence-electron chi connectivity index (χ3n) is 5.05. The molecule has 0 spiro atoms. The molecular formula is C16H34N4O4P2. The van der Waals surface area contributed by atoms with Crippen LogP contribution in [0, 0.1) is 0 Å². The van der Waals surface area contributed by atoms with Gasteiger partial charge < -0.3 is 19.8 Å². The molecule has 4 amide bonds. The van der Waals surface area contributed by atoms with Crippen molar-refractivity contribution in [3.63, 3.8) is 0 Å². The molecule has 8 nitrogen and oxygen atoms in total.